The number of methoxy groups -OCH3 is 1. The Morgan fingerprint density at radius 3 is 2.55 bits per heavy atom. The minimum absolute atomic E-state index is 0.0517. The first kappa shape index (κ1) is 31.3. The van der Waals surface area contributed by atoms with Crippen LogP contribution in [0.25, 0.3) is 0 Å². The fourth-order valence-corrected chi connectivity index (χ4v) is 6.34. The van der Waals surface area contributed by atoms with E-state index in [1.165, 1.54) is 11.1 Å². The van der Waals surface area contributed by atoms with E-state index in [0.717, 1.165) is 50.5 Å². The molecule has 0 radical (unpaired) electrons. The lowest BCUT2D eigenvalue weighted by Gasteiger charge is -2.29. The van der Waals surface area contributed by atoms with Gasteiger partial charge in [-0.1, -0.05) is 30.1 Å². The van der Waals surface area contributed by atoms with Crippen molar-refractivity contribution in [1.82, 2.24) is 15.5 Å². The zero-order valence-corrected chi connectivity index (χ0v) is 25.1. The number of carboxylic acid groups (broad SMARTS) is 1. The third-order valence-electron chi connectivity index (χ3n) is 9.02. The number of fused-ring (bicyclic) bond motifs is 2. The SMILES string of the molecule is COc1ccc(/C=N/O[C@@H]2C[C@H]3C(=O)NC4(C(=O)O)C[C@H]4/C=C\CCCCC[C@H](NC(=O)OC4CCCC4)C(=O)N3C2)cc1. The first-order valence-corrected chi connectivity index (χ1v) is 15.6. The summed E-state index contributed by atoms with van der Waals surface area (Å²) in [6.45, 7) is 0.0517. The molecule has 5 atom stereocenters. The number of benzene rings is 1. The van der Waals surface area contributed by atoms with Gasteiger partial charge in [-0.3, -0.25) is 9.59 Å². The van der Waals surface area contributed by atoms with E-state index in [1.807, 2.05) is 24.3 Å². The van der Waals surface area contributed by atoms with Crippen LogP contribution in [0.3, 0.4) is 0 Å². The first-order chi connectivity index (χ1) is 21.3. The molecule has 12 heteroatoms. The van der Waals surface area contributed by atoms with Gasteiger partial charge < -0.3 is 35.0 Å². The quantitative estimate of drug-likeness (QED) is 0.241. The first-order valence-electron chi connectivity index (χ1n) is 15.6. The van der Waals surface area contributed by atoms with Gasteiger partial charge in [0.05, 0.1) is 19.9 Å². The van der Waals surface area contributed by atoms with E-state index in [-0.39, 0.29) is 31.4 Å². The molecule has 1 saturated heterocycles. The molecule has 3 fully saturated rings. The van der Waals surface area contributed by atoms with Crippen LogP contribution in [-0.2, 0) is 24.0 Å². The second-order valence-corrected chi connectivity index (χ2v) is 12.1. The van der Waals surface area contributed by atoms with Crippen molar-refractivity contribution in [2.75, 3.05) is 13.7 Å². The van der Waals surface area contributed by atoms with E-state index in [9.17, 15) is 24.3 Å². The van der Waals surface area contributed by atoms with Gasteiger partial charge in [0, 0.05) is 12.3 Å². The Balaban J connectivity index is 1.34. The number of carbonyl (C=O) groups excluding carboxylic acids is 3. The van der Waals surface area contributed by atoms with Crippen molar-refractivity contribution in [1.29, 1.82) is 0 Å². The number of ether oxygens (including phenoxy) is 2. The van der Waals surface area contributed by atoms with Gasteiger partial charge in [-0.25, -0.2) is 9.59 Å². The zero-order valence-electron chi connectivity index (χ0n) is 25.1. The Labute approximate surface area is 257 Å². The van der Waals surface area contributed by atoms with Crippen LogP contribution in [0.15, 0.2) is 41.6 Å². The fraction of sp³-hybridized carbons (Fsp3) is 0.594. The Morgan fingerprint density at radius 1 is 1.07 bits per heavy atom. The molecule has 12 nitrogen and oxygen atoms in total. The highest BCUT2D eigenvalue weighted by atomic mass is 16.6. The molecule has 3 N–H and O–H groups in total. The number of oxime groups is 1. The average molecular weight is 611 g/mol. The molecule has 0 spiro atoms. The van der Waals surface area contributed by atoms with Crippen molar-refractivity contribution in [2.24, 2.45) is 11.1 Å². The summed E-state index contributed by atoms with van der Waals surface area (Å²) >= 11 is 0. The van der Waals surface area contributed by atoms with E-state index in [4.69, 9.17) is 14.3 Å². The lowest BCUT2D eigenvalue weighted by molar-refractivity contribution is -0.145. The van der Waals surface area contributed by atoms with E-state index in [2.05, 4.69) is 15.8 Å². The molecular weight excluding hydrogens is 568 g/mol. The number of carbonyl (C=O) groups is 4. The third-order valence-corrected chi connectivity index (χ3v) is 9.02. The number of hydrogen-bond acceptors (Lipinski definition) is 8. The van der Waals surface area contributed by atoms with Crippen LogP contribution >= 0.6 is 0 Å². The predicted molar refractivity (Wildman–Crippen MR) is 160 cm³/mol. The fourth-order valence-electron chi connectivity index (χ4n) is 6.34. The molecule has 2 aliphatic carbocycles. The summed E-state index contributed by atoms with van der Waals surface area (Å²) in [5, 5.41) is 19.6. The van der Waals surface area contributed by atoms with Crippen molar-refractivity contribution < 1.29 is 38.6 Å². The van der Waals surface area contributed by atoms with Gasteiger partial charge >= 0.3 is 12.1 Å². The van der Waals surface area contributed by atoms with Crippen molar-refractivity contribution in [3.8, 4) is 5.75 Å². The summed E-state index contributed by atoms with van der Waals surface area (Å²) in [4.78, 5) is 59.9. The third kappa shape index (κ3) is 7.51. The topological polar surface area (TPSA) is 156 Å². The highest BCUT2D eigenvalue weighted by Gasteiger charge is 2.61. The van der Waals surface area contributed by atoms with Crippen LogP contribution < -0.4 is 15.4 Å². The summed E-state index contributed by atoms with van der Waals surface area (Å²) in [6, 6.07) is 5.32. The number of nitrogens with one attached hydrogen (secondary N) is 2. The number of aliphatic carboxylic acids is 1. The average Bonchev–Trinajstić information content (AvgIpc) is 3.30. The van der Waals surface area contributed by atoms with Crippen molar-refractivity contribution >= 4 is 30.1 Å². The predicted octanol–water partition coefficient (Wildman–Crippen LogP) is 3.53. The highest BCUT2D eigenvalue weighted by Crippen LogP contribution is 2.45. The van der Waals surface area contributed by atoms with Crippen LogP contribution in [0.5, 0.6) is 5.75 Å². The van der Waals surface area contributed by atoms with Gasteiger partial charge in [0.25, 0.3) is 0 Å². The summed E-state index contributed by atoms with van der Waals surface area (Å²) in [5.41, 5.74) is -0.634. The van der Waals surface area contributed by atoms with E-state index in [0.29, 0.717) is 18.6 Å². The van der Waals surface area contributed by atoms with Gasteiger partial charge in [0.1, 0.15) is 35.6 Å². The number of amides is 3. The molecule has 0 bridgehead atoms. The molecule has 1 aromatic carbocycles. The lowest BCUT2D eigenvalue weighted by atomic mass is 10.0. The maximum atomic E-state index is 14.0. The monoisotopic (exact) mass is 610 g/mol. The molecule has 1 unspecified atom stereocenters. The molecule has 5 rings (SSSR count). The maximum absolute atomic E-state index is 14.0. The largest absolute Gasteiger partial charge is 0.497 e. The lowest BCUT2D eigenvalue weighted by Crippen LogP contribution is -2.56. The molecule has 4 aliphatic rings. The van der Waals surface area contributed by atoms with Crippen LogP contribution in [0.4, 0.5) is 4.79 Å². The Kier molecular flexibility index (Phi) is 10.1. The number of carboxylic acids is 1. The van der Waals surface area contributed by atoms with Crippen molar-refractivity contribution in [3.63, 3.8) is 0 Å². The zero-order chi connectivity index (χ0) is 31.1. The van der Waals surface area contributed by atoms with Gasteiger partial charge in [-0.2, -0.15) is 0 Å². The minimum atomic E-state index is -1.41. The van der Waals surface area contributed by atoms with E-state index in [1.54, 1.807) is 19.2 Å². The van der Waals surface area contributed by atoms with Crippen molar-refractivity contribution in [2.45, 2.75) is 100 Å². The molecule has 3 amide bonds. The Hall–Kier alpha value is -4.09. The Morgan fingerprint density at radius 2 is 1.82 bits per heavy atom. The van der Waals surface area contributed by atoms with Crippen LogP contribution in [0.2, 0.25) is 0 Å². The highest BCUT2D eigenvalue weighted by molar-refractivity contribution is 5.96. The number of allylic oxidation sites excluding steroid dienone is 1. The van der Waals surface area contributed by atoms with E-state index >= 15 is 0 Å². The molecule has 238 valence electrons. The van der Waals surface area contributed by atoms with E-state index < -0.39 is 47.6 Å². The summed E-state index contributed by atoms with van der Waals surface area (Å²) in [5.74, 6) is -1.71. The standard InChI is InChI=1S/C32H42N4O8/c1-42-23-15-13-21(14-16-23)19-33-44-25-17-27-28(37)35-32(30(39)40)18-22(32)9-5-3-2-4-6-12-26(29(38)36(27)20-25)34-31(41)43-24-10-7-8-11-24/h5,9,13-16,19,22,24-27H,2-4,6-8,10-12,17-18,20H2,1H3,(H,34,41)(H,35,37)(H,39,40)/b9-5-,33-19+/t22-,25-,26+,27+,32?/m1/s1. The normalized spacial score (nSPS) is 30.3. The van der Waals surface area contributed by atoms with Gasteiger partial charge in [-0.15, -0.1) is 0 Å². The van der Waals surface area contributed by atoms with Crippen LogP contribution in [0, 0.1) is 5.92 Å². The summed E-state index contributed by atoms with van der Waals surface area (Å²) in [7, 11) is 1.58. The molecule has 0 aromatic heterocycles. The van der Waals surface area contributed by atoms with Gasteiger partial charge in [0.2, 0.25) is 11.8 Å². The van der Waals surface area contributed by atoms with Crippen molar-refractivity contribution in [3.05, 3.63) is 42.0 Å². The number of rotatable bonds is 7. The molecule has 2 heterocycles. The Bertz CT molecular complexity index is 1260. The molecule has 2 aliphatic heterocycles. The van der Waals surface area contributed by atoms with Gasteiger partial charge in [0.15, 0.2) is 0 Å². The van der Waals surface area contributed by atoms with Crippen LogP contribution in [0.1, 0.15) is 76.2 Å². The summed E-state index contributed by atoms with van der Waals surface area (Å²) in [6.07, 6.45) is 11.5. The molecule has 44 heavy (non-hydrogen) atoms. The maximum Gasteiger partial charge on any atom is 0.408 e. The number of nitrogens with zero attached hydrogens (tertiary/aromatic N) is 2. The minimum Gasteiger partial charge on any atom is -0.497 e. The second kappa shape index (κ2) is 14.1. The molecular formula is C32H42N4O8. The number of hydrogen-bond donors (Lipinski definition) is 3. The molecule has 1 aromatic rings. The second-order valence-electron chi connectivity index (χ2n) is 12.1. The molecule has 2 saturated carbocycles. The van der Waals surface area contributed by atoms with Gasteiger partial charge in [-0.05, 0) is 81.2 Å². The smallest absolute Gasteiger partial charge is 0.408 e. The van der Waals surface area contributed by atoms with Crippen LogP contribution in [-0.4, -0.2) is 83.6 Å². The number of alkyl carbamates (subject to hydrolysis) is 1. The summed E-state index contributed by atoms with van der Waals surface area (Å²) < 4.78 is 10.8.